The summed E-state index contributed by atoms with van der Waals surface area (Å²) in [5, 5.41) is 0. The van der Waals surface area contributed by atoms with Crippen LogP contribution < -0.4 is 15.5 Å². The summed E-state index contributed by atoms with van der Waals surface area (Å²) < 4.78 is 0. The van der Waals surface area contributed by atoms with Crippen molar-refractivity contribution in [2.75, 3.05) is 29.9 Å². The maximum absolute atomic E-state index is 12.7. The molecule has 1 aromatic rings. The van der Waals surface area contributed by atoms with Crippen LogP contribution in [0.4, 0.5) is 11.4 Å². The lowest BCUT2D eigenvalue weighted by atomic mass is 9.82. The summed E-state index contributed by atoms with van der Waals surface area (Å²) in [5.41, 5.74) is 8.38. The van der Waals surface area contributed by atoms with Crippen LogP contribution in [0.5, 0.6) is 0 Å². The third-order valence-corrected chi connectivity index (χ3v) is 4.95. The second-order valence-corrected chi connectivity index (χ2v) is 6.37. The van der Waals surface area contributed by atoms with Gasteiger partial charge in [0.25, 0.3) is 0 Å². The van der Waals surface area contributed by atoms with Gasteiger partial charge in [0.2, 0.25) is 5.91 Å². The summed E-state index contributed by atoms with van der Waals surface area (Å²) in [6, 6.07) is 8.36. The standard InChI is InChI=1S/C17H25N3O/c1-19-10-11-20(16-9-5-4-8-15(16)19)17(21)12-13-6-2-3-7-14(13)18/h4-5,8-9,13-14H,2-3,6-7,10-12,18H2,1H3. The van der Waals surface area contributed by atoms with Crippen LogP contribution >= 0.6 is 0 Å². The van der Waals surface area contributed by atoms with E-state index in [2.05, 4.69) is 18.0 Å². The molecular weight excluding hydrogens is 262 g/mol. The van der Waals surface area contributed by atoms with E-state index in [4.69, 9.17) is 5.73 Å². The Morgan fingerprint density at radius 2 is 1.90 bits per heavy atom. The van der Waals surface area contributed by atoms with Gasteiger partial charge in [0.05, 0.1) is 11.4 Å². The lowest BCUT2D eigenvalue weighted by Gasteiger charge is -2.37. The van der Waals surface area contributed by atoms with Crippen molar-refractivity contribution in [1.82, 2.24) is 0 Å². The zero-order valence-corrected chi connectivity index (χ0v) is 12.8. The van der Waals surface area contributed by atoms with E-state index < -0.39 is 0 Å². The zero-order chi connectivity index (χ0) is 14.8. The van der Waals surface area contributed by atoms with Gasteiger partial charge in [-0.15, -0.1) is 0 Å². The summed E-state index contributed by atoms with van der Waals surface area (Å²) in [5.74, 6) is 0.593. The van der Waals surface area contributed by atoms with Gasteiger partial charge in [-0.25, -0.2) is 0 Å². The van der Waals surface area contributed by atoms with Crippen LogP contribution in [-0.2, 0) is 4.79 Å². The normalized spacial score (nSPS) is 25.6. The Bertz CT molecular complexity index is 517. The van der Waals surface area contributed by atoms with Crippen LogP contribution in [0.25, 0.3) is 0 Å². The Morgan fingerprint density at radius 1 is 1.19 bits per heavy atom. The minimum Gasteiger partial charge on any atom is -0.371 e. The Kier molecular flexibility index (Phi) is 4.15. The second kappa shape index (κ2) is 6.06. The van der Waals surface area contributed by atoms with E-state index in [1.807, 2.05) is 23.1 Å². The van der Waals surface area contributed by atoms with Gasteiger partial charge in [-0.05, 0) is 30.9 Å². The number of para-hydroxylation sites is 2. The quantitative estimate of drug-likeness (QED) is 0.908. The summed E-state index contributed by atoms with van der Waals surface area (Å²) in [7, 11) is 2.08. The molecule has 1 aromatic carbocycles. The van der Waals surface area contributed by atoms with Crippen molar-refractivity contribution in [3.8, 4) is 0 Å². The van der Waals surface area contributed by atoms with E-state index in [1.54, 1.807) is 0 Å². The first kappa shape index (κ1) is 14.4. The minimum atomic E-state index is 0.199. The molecule has 2 aliphatic rings. The fraction of sp³-hybridized carbons (Fsp3) is 0.588. The summed E-state index contributed by atoms with van der Waals surface area (Å²) >= 11 is 0. The van der Waals surface area contributed by atoms with Gasteiger partial charge >= 0.3 is 0 Å². The highest BCUT2D eigenvalue weighted by Gasteiger charge is 2.29. The van der Waals surface area contributed by atoms with E-state index in [0.717, 1.165) is 37.3 Å². The Hall–Kier alpha value is -1.55. The summed E-state index contributed by atoms with van der Waals surface area (Å²) in [4.78, 5) is 16.9. The molecule has 3 rings (SSSR count). The average Bonchev–Trinajstić information content (AvgIpc) is 2.50. The van der Waals surface area contributed by atoms with Gasteiger partial charge in [0.15, 0.2) is 0 Å². The van der Waals surface area contributed by atoms with Crippen molar-refractivity contribution in [2.45, 2.75) is 38.1 Å². The molecule has 2 unspecified atom stereocenters. The maximum atomic E-state index is 12.7. The number of rotatable bonds is 2. The third kappa shape index (κ3) is 2.91. The van der Waals surface area contributed by atoms with Gasteiger partial charge in [0, 0.05) is 32.6 Å². The van der Waals surface area contributed by atoms with Crippen molar-refractivity contribution >= 4 is 17.3 Å². The predicted molar refractivity (Wildman–Crippen MR) is 86.6 cm³/mol. The highest BCUT2D eigenvalue weighted by molar-refractivity contribution is 5.98. The van der Waals surface area contributed by atoms with Crippen LogP contribution in [0.1, 0.15) is 32.1 Å². The fourth-order valence-electron chi connectivity index (χ4n) is 3.59. The Morgan fingerprint density at radius 3 is 2.67 bits per heavy atom. The first-order valence-electron chi connectivity index (χ1n) is 8.03. The van der Waals surface area contributed by atoms with Gasteiger partial charge < -0.3 is 15.5 Å². The molecule has 0 spiro atoms. The number of carbonyl (C=O) groups excluding carboxylic acids is 1. The first-order chi connectivity index (χ1) is 10.2. The molecule has 1 amide bonds. The molecule has 114 valence electrons. The van der Waals surface area contributed by atoms with E-state index in [0.29, 0.717) is 12.3 Å². The Balaban J connectivity index is 1.75. The number of fused-ring (bicyclic) bond motifs is 1. The molecule has 1 saturated carbocycles. The van der Waals surface area contributed by atoms with E-state index >= 15 is 0 Å². The predicted octanol–water partition coefficient (Wildman–Crippen LogP) is 2.38. The van der Waals surface area contributed by atoms with E-state index in [-0.39, 0.29) is 11.9 Å². The molecule has 0 saturated heterocycles. The molecule has 4 nitrogen and oxygen atoms in total. The number of hydrogen-bond donors (Lipinski definition) is 1. The van der Waals surface area contributed by atoms with Crippen molar-refractivity contribution in [1.29, 1.82) is 0 Å². The van der Waals surface area contributed by atoms with Gasteiger partial charge in [-0.3, -0.25) is 4.79 Å². The summed E-state index contributed by atoms with van der Waals surface area (Å²) in [6.45, 7) is 1.66. The molecule has 0 aromatic heterocycles. The molecule has 0 radical (unpaired) electrons. The molecule has 1 fully saturated rings. The molecule has 1 aliphatic heterocycles. The van der Waals surface area contributed by atoms with E-state index in [1.165, 1.54) is 12.8 Å². The Labute approximate surface area is 126 Å². The number of anilines is 2. The number of amides is 1. The molecule has 4 heteroatoms. The van der Waals surface area contributed by atoms with Crippen LogP contribution in [-0.4, -0.2) is 32.1 Å². The molecular formula is C17H25N3O. The maximum Gasteiger partial charge on any atom is 0.227 e. The third-order valence-electron chi connectivity index (χ3n) is 4.95. The molecule has 1 heterocycles. The number of hydrogen-bond acceptors (Lipinski definition) is 3. The largest absolute Gasteiger partial charge is 0.371 e. The molecule has 0 bridgehead atoms. The highest BCUT2D eigenvalue weighted by atomic mass is 16.2. The smallest absolute Gasteiger partial charge is 0.227 e. The summed E-state index contributed by atoms with van der Waals surface area (Å²) in [6.07, 6.45) is 5.19. The molecule has 2 atom stereocenters. The van der Waals surface area contributed by atoms with Crippen LogP contribution in [0.2, 0.25) is 0 Å². The van der Waals surface area contributed by atoms with Gasteiger partial charge in [-0.1, -0.05) is 25.0 Å². The number of nitrogens with zero attached hydrogens (tertiary/aromatic N) is 2. The monoisotopic (exact) mass is 287 g/mol. The molecule has 21 heavy (non-hydrogen) atoms. The second-order valence-electron chi connectivity index (χ2n) is 6.37. The lowest BCUT2D eigenvalue weighted by molar-refractivity contribution is -0.119. The van der Waals surface area contributed by atoms with Crippen molar-refractivity contribution in [3.63, 3.8) is 0 Å². The van der Waals surface area contributed by atoms with Gasteiger partial charge in [0.1, 0.15) is 0 Å². The SMILES string of the molecule is CN1CCN(C(=O)CC2CCCCC2N)c2ccccc21. The molecule has 2 N–H and O–H groups in total. The number of nitrogens with two attached hydrogens (primary N) is 1. The topological polar surface area (TPSA) is 49.6 Å². The fourth-order valence-corrected chi connectivity index (χ4v) is 3.59. The van der Waals surface area contributed by atoms with Crippen LogP contribution in [0.3, 0.4) is 0 Å². The van der Waals surface area contributed by atoms with E-state index in [9.17, 15) is 4.79 Å². The van der Waals surface area contributed by atoms with Crippen LogP contribution in [0, 0.1) is 5.92 Å². The number of likely N-dealkylation sites (N-methyl/N-ethyl adjacent to an activating group) is 1. The average molecular weight is 287 g/mol. The minimum absolute atomic E-state index is 0.199. The van der Waals surface area contributed by atoms with Gasteiger partial charge in [-0.2, -0.15) is 0 Å². The van der Waals surface area contributed by atoms with Crippen molar-refractivity contribution < 1.29 is 4.79 Å². The van der Waals surface area contributed by atoms with Crippen molar-refractivity contribution in [3.05, 3.63) is 24.3 Å². The number of benzene rings is 1. The zero-order valence-electron chi connectivity index (χ0n) is 12.8. The molecule has 1 aliphatic carbocycles. The number of carbonyl (C=O) groups is 1. The highest BCUT2D eigenvalue weighted by Crippen LogP contribution is 2.33. The van der Waals surface area contributed by atoms with Crippen LogP contribution in [0.15, 0.2) is 24.3 Å². The first-order valence-corrected chi connectivity index (χ1v) is 8.03. The lowest BCUT2D eigenvalue weighted by Crippen LogP contribution is -2.44. The van der Waals surface area contributed by atoms with Crippen molar-refractivity contribution in [2.24, 2.45) is 11.7 Å².